The van der Waals surface area contributed by atoms with Crippen molar-refractivity contribution in [2.75, 3.05) is 0 Å². The maximum Gasteiger partial charge on any atom is 0.352 e. The largest absolute Gasteiger partial charge is 0.477 e. The number of aromatic amines is 2. The fraction of sp³-hybridized carbons (Fsp3) is 0.0714. The molecule has 0 amide bonds. The van der Waals surface area contributed by atoms with E-state index in [-0.39, 0.29) is 5.69 Å². The lowest BCUT2D eigenvalue weighted by Crippen LogP contribution is -1.95. The summed E-state index contributed by atoms with van der Waals surface area (Å²) in [4.78, 5) is 17.0. The molecule has 0 fully saturated rings. The number of H-pyrrole nitrogens is 2. The molecule has 0 spiro atoms. The van der Waals surface area contributed by atoms with Crippen LogP contribution in [-0.4, -0.2) is 21.0 Å². The van der Waals surface area contributed by atoms with Crippen LogP contribution < -0.4 is 0 Å². The predicted molar refractivity (Wildman–Crippen MR) is 69.8 cm³/mol. The maximum atomic E-state index is 10.9. The number of aromatic nitrogens is 2. The van der Waals surface area contributed by atoms with Gasteiger partial charge in [0.1, 0.15) is 5.69 Å². The van der Waals surface area contributed by atoms with E-state index in [2.05, 4.69) is 16.0 Å². The van der Waals surface area contributed by atoms with Crippen LogP contribution in [-0.2, 0) is 0 Å². The van der Waals surface area contributed by atoms with E-state index >= 15 is 0 Å². The van der Waals surface area contributed by atoms with Gasteiger partial charge in [0.15, 0.2) is 0 Å². The lowest BCUT2D eigenvalue weighted by molar-refractivity contribution is 0.0691. The van der Waals surface area contributed by atoms with Crippen LogP contribution in [0.1, 0.15) is 16.1 Å². The minimum absolute atomic E-state index is 0.201. The number of hydrogen-bond acceptors (Lipinski definition) is 1. The average Bonchev–Trinajstić information content (AvgIpc) is 2.93. The van der Waals surface area contributed by atoms with Gasteiger partial charge >= 0.3 is 5.97 Å². The topological polar surface area (TPSA) is 68.9 Å². The first-order chi connectivity index (χ1) is 8.65. The third-order valence-electron chi connectivity index (χ3n) is 3.04. The number of benzene rings is 1. The number of carbonyl (C=O) groups is 1. The third kappa shape index (κ3) is 1.59. The minimum atomic E-state index is -0.947. The van der Waals surface area contributed by atoms with Crippen LogP contribution >= 0.6 is 0 Å². The van der Waals surface area contributed by atoms with Crippen LogP contribution in [0.3, 0.4) is 0 Å². The fourth-order valence-electron chi connectivity index (χ4n) is 2.13. The maximum absolute atomic E-state index is 10.9. The van der Waals surface area contributed by atoms with Crippen LogP contribution in [0.2, 0.25) is 0 Å². The van der Waals surface area contributed by atoms with E-state index in [0.717, 1.165) is 22.2 Å². The van der Waals surface area contributed by atoms with Crippen molar-refractivity contribution in [2.45, 2.75) is 6.92 Å². The molecular weight excluding hydrogens is 228 g/mol. The molecule has 0 radical (unpaired) electrons. The molecule has 2 aromatic heterocycles. The Morgan fingerprint density at radius 2 is 2.06 bits per heavy atom. The standard InChI is InChI=1S/C14H12N2O2/c1-8-2-3-11-9(6-8)10(7-15-11)12-4-5-13(16-12)14(17)18/h2-7,15-16H,1H3,(H,17,18). The highest BCUT2D eigenvalue weighted by Crippen LogP contribution is 2.28. The molecule has 18 heavy (non-hydrogen) atoms. The number of aryl methyl sites for hydroxylation is 1. The van der Waals surface area contributed by atoms with E-state index < -0.39 is 5.97 Å². The van der Waals surface area contributed by atoms with Gasteiger partial charge in [-0.1, -0.05) is 11.6 Å². The van der Waals surface area contributed by atoms with E-state index in [1.54, 1.807) is 12.1 Å². The summed E-state index contributed by atoms with van der Waals surface area (Å²) in [6.07, 6.45) is 1.89. The summed E-state index contributed by atoms with van der Waals surface area (Å²) in [6.45, 7) is 2.04. The highest BCUT2D eigenvalue weighted by molar-refractivity contribution is 5.96. The lowest BCUT2D eigenvalue weighted by atomic mass is 10.1. The van der Waals surface area contributed by atoms with E-state index in [1.165, 1.54) is 5.56 Å². The molecule has 3 N–H and O–H groups in total. The van der Waals surface area contributed by atoms with Gasteiger partial charge in [0, 0.05) is 28.4 Å². The van der Waals surface area contributed by atoms with Gasteiger partial charge in [-0.3, -0.25) is 0 Å². The number of hydrogen-bond donors (Lipinski definition) is 3. The second kappa shape index (κ2) is 3.77. The quantitative estimate of drug-likeness (QED) is 0.644. The van der Waals surface area contributed by atoms with E-state index in [9.17, 15) is 4.79 Å². The van der Waals surface area contributed by atoms with Crippen molar-refractivity contribution in [3.63, 3.8) is 0 Å². The average molecular weight is 240 g/mol. The Morgan fingerprint density at radius 3 is 2.78 bits per heavy atom. The Kier molecular flexibility index (Phi) is 2.23. The number of aromatic carboxylic acids is 1. The van der Waals surface area contributed by atoms with Gasteiger partial charge in [-0.25, -0.2) is 4.79 Å². The van der Waals surface area contributed by atoms with Gasteiger partial charge in [0.05, 0.1) is 0 Å². The van der Waals surface area contributed by atoms with Crippen molar-refractivity contribution in [1.82, 2.24) is 9.97 Å². The van der Waals surface area contributed by atoms with E-state index in [4.69, 9.17) is 5.11 Å². The van der Waals surface area contributed by atoms with Gasteiger partial charge in [0.2, 0.25) is 0 Å². The zero-order valence-electron chi connectivity index (χ0n) is 9.82. The molecule has 0 aliphatic carbocycles. The number of carboxylic acids is 1. The molecule has 0 saturated heterocycles. The summed E-state index contributed by atoms with van der Waals surface area (Å²) in [5.41, 5.74) is 4.22. The van der Waals surface area contributed by atoms with Crippen LogP contribution in [0.25, 0.3) is 22.2 Å². The number of rotatable bonds is 2. The van der Waals surface area contributed by atoms with E-state index in [1.807, 2.05) is 25.3 Å². The first-order valence-corrected chi connectivity index (χ1v) is 5.65. The smallest absolute Gasteiger partial charge is 0.352 e. The van der Waals surface area contributed by atoms with Gasteiger partial charge in [0.25, 0.3) is 0 Å². The van der Waals surface area contributed by atoms with Gasteiger partial charge in [-0.2, -0.15) is 0 Å². The van der Waals surface area contributed by atoms with Crippen LogP contribution in [0, 0.1) is 6.92 Å². The first-order valence-electron chi connectivity index (χ1n) is 5.65. The molecule has 0 unspecified atom stereocenters. The zero-order chi connectivity index (χ0) is 12.7. The molecule has 4 heteroatoms. The summed E-state index contributed by atoms with van der Waals surface area (Å²) in [6, 6.07) is 9.51. The molecule has 0 saturated carbocycles. The molecular formula is C14H12N2O2. The molecule has 3 rings (SSSR count). The Morgan fingerprint density at radius 1 is 1.22 bits per heavy atom. The SMILES string of the molecule is Cc1ccc2[nH]cc(-c3ccc(C(=O)O)[nH]3)c2c1. The highest BCUT2D eigenvalue weighted by Gasteiger charge is 2.10. The molecule has 1 aromatic carbocycles. The lowest BCUT2D eigenvalue weighted by Gasteiger charge is -1.97. The predicted octanol–water partition coefficient (Wildman–Crippen LogP) is 3.17. The molecule has 0 atom stereocenters. The van der Waals surface area contributed by atoms with Gasteiger partial charge in [-0.15, -0.1) is 0 Å². The van der Waals surface area contributed by atoms with Crippen molar-refractivity contribution in [1.29, 1.82) is 0 Å². The Balaban J connectivity index is 2.18. The minimum Gasteiger partial charge on any atom is -0.477 e. The third-order valence-corrected chi connectivity index (χ3v) is 3.04. The molecule has 0 aliphatic heterocycles. The molecule has 2 heterocycles. The summed E-state index contributed by atoms with van der Waals surface area (Å²) in [5, 5.41) is 10.0. The van der Waals surface area contributed by atoms with Crippen LogP contribution in [0.15, 0.2) is 36.5 Å². The molecule has 4 nitrogen and oxygen atoms in total. The number of fused-ring (bicyclic) bond motifs is 1. The zero-order valence-corrected chi connectivity index (χ0v) is 9.82. The fourth-order valence-corrected chi connectivity index (χ4v) is 2.13. The number of carboxylic acid groups (broad SMARTS) is 1. The van der Waals surface area contributed by atoms with Gasteiger partial charge in [-0.05, 0) is 31.2 Å². The molecule has 0 aliphatic rings. The normalized spacial score (nSPS) is 10.9. The Labute approximate surface area is 103 Å². The van der Waals surface area contributed by atoms with Crippen molar-refractivity contribution >= 4 is 16.9 Å². The molecule has 0 bridgehead atoms. The molecule has 90 valence electrons. The van der Waals surface area contributed by atoms with Crippen molar-refractivity contribution in [3.05, 3.63) is 47.8 Å². The highest BCUT2D eigenvalue weighted by atomic mass is 16.4. The van der Waals surface area contributed by atoms with Crippen LogP contribution in [0.4, 0.5) is 0 Å². The van der Waals surface area contributed by atoms with Crippen molar-refractivity contribution in [2.24, 2.45) is 0 Å². The Bertz CT molecular complexity index is 737. The Hall–Kier alpha value is -2.49. The monoisotopic (exact) mass is 240 g/mol. The first kappa shape index (κ1) is 10.7. The summed E-state index contributed by atoms with van der Waals surface area (Å²) < 4.78 is 0. The number of nitrogens with one attached hydrogen (secondary N) is 2. The summed E-state index contributed by atoms with van der Waals surface area (Å²) >= 11 is 0. The summed E-state index contributed by atoms with van der Waals surface area (Å²) in [5.74, 6) is -0.947. The van der Waals surface area contributed by atoms with E-state index in [0.29, 0.717) is 0 Å². The van der Waals surface area contributed by atoms with Crippen molar-refractivity contribution in [3.8, 4) is 11.3 Å². The van der Waals surface area contributed by atoms with Crippen LogP contribution in [0.5, 0.6) is 0 Å². The van der Waals surface area contributed by atoms with Gasteiger partial charge < -0.3 is 15.1 Å². The summed E-state index contributed by atoms with van der Waals surface area (Å²) in [7, 11) is 0. The van der Waals surface area contributed by atoms with Crippen molar-refractivity contribution < 1.29 is 9.90 Å². The second-order valence-electron chi connectivity index (χ2n) is 4.34. The second-order valence-corrected chi connectivity index (χ2v) is 4.34. The molecule has 3 aromatic rings.